The minimum absolute atomic E-state index is 0.174. The molecule has 3 aromatic heterocycles. The predicted octanol–water partition coefficient (Wildman–Crippen LogP) is 3.91. The minimum Gasteiger partial charge on any atom is -0.459 e. The number of ether oxygens (including phenoxy) is 2. The molecule has 10 heteroatoms. The number of pyridine rings is 1. The first-order valence-electron chi connectivity index (χ1n) is 9.63. The van der Waals surface area contributed by atoms with Gasteiger partial charge < -0.3 is 19.3 Å². The van der Waals surface area contributed by atoms with Crippen LogP contribution in [0.2, 0.25) is 5.28 Å². The molecule has 4 heterocycles. The van der Waals surface area contributed by atoms with E-state index in [0.29, 0.717) is 24.6 Å². The van der Waals surface area contributed by atoms with Crippen molar-refractivity contribution in [2.75, 3.05) is 43.2 Å². The Kier molecular flexibility index (Phi) is 6.03. The number of hydrogen-bond donors (Lipinski definition) is 0. The second kappa shape index (κ2) is 8.71. The van der Waals surface area contributed by atoms with Gasteiger partial charge in [0, 0.05) is 26.3 Å². The monoisotopic (exact) mass is 447 g/mol. The maximum Gasteiger partial charge on any atom is 0.339 e. The first-order valence-corrected chi connectivity index (χ1v) is 10.8. The molecule has 158 valence electrons. The molecule has 30 heavy (non-hydrogen) atoms. The number of halogens is 1. The van der Waals surface area contributed by atoms with E-state index in [1.54, 1.807) is 23.5 Å². The number of fused-ring (bicyclic) bond motifs is 1. The minimum atomic E-state index is -0.381. The zero-order valence-corrected chi connectivity index (χ0v) is 18.5. The summed E-state index contributed by atoms with van der Waals surface area (Å²) in [6, 6.07) is 5.48. The van der Waals surface area contributed by atoms with Crippen molar-refractivity contribution in [2.45, 2.75) is 20.0 Å². The van der Waals surface area contributed by atoms with Gasteiger partial charge in [-0.2, -0.15) is 4.98 Å². The largest absolute Gasteiger partial charge is 0.459 e. The first-order chi connectivity index (χ1) is 14.4. The SMILES string of the molecule is CC(C)OC(=O)c1ccc(N(C)c2cc3nc(Cl)nc(N4CCOCC4)c3s2)nc1. The summed E-state index contributed by atoms with van der Waals surface area (Å²) < 4.78 is 11.6. The van der Waals surface area contributed by atoms with Gasteiger partial charge >= 0.3 is 5.97 Å². The van der Waals surface area contributed by atoms with Gasteiger partial charge in [-0.05, 0) is 43.6 Å². The summed E-state index contributed by atoms with van der Waals surface area (Å²) in [5.41, 5.74) is 1.21. The Morgan fingerprint density at radius 3 is 2.73 bits per heavy atom. The number of esters is 1. The van der Waals surface area contributed by atoms with Gasteiger partial charge in [0.25, 0.3) is 0 Å². The molecular formula is C20H22ClN5O3S. The number of rotatable bonds is 5. The predicted molar refractivity (Wildman–Crippen MR) is 118 cm³/mol. The number of morpholine rings is 1. The number of thiophene rings is 1. The summed E-state index contributed by atoms with van der Waals surface area (Å²) in [4.78, 5) is 29.4. The second-order valence-corrected chi connectivity index (χ2v) is 8.50. The molecule has 0 atom stereocenters. The molecule has 0 radical (unpaired) electrons. The number of aromatic nitrogens is 3. The molecule has 8 nitrogen and oxygen atoms in total. The third-order valence-electron chi connectivity index (χ3n) is 4.62. The summed E-state index contributed by atoms with van der Waals surface area (Å²) in [5.74, 6) is 1.15. The molecule has 0 aromatic carbocycles. The highest BCUT2D eigenvalue weighted by Crippen LogP contribution is 2.39. The summed E-state index contributed by atoms with van der Waals surface area (Å²) in [6.45, 7) is 6.49. The van der Waals surface area contributed by atoms with Gasteiger partial charge in [0.2, 0.25) is 5.28 Å². The van der Waals surface area contributed by atoms with E-state index in [1.807, 2.05) is 31.9 Å². The number of anilines is 3. The van der Waals surface area contributed by atoms with E-state index in [-0.39, 0.29) is 17.4 Å². The summed E-state index contributed by atoms with van der Waals surface area (Å²) in [5, 5.41) is 1.17. The lowest BCUT2D eigenvalue weighted by molar-refractivity contribution is 0.0377. The molecule has 0 aliphatic carbocycles. The van der Waals surface area contributed by atoms with E-state index in [9.17, 15) is 4.79 Å². The fraction of sp³-hybridized carbons (Fsp3) is 0.400. The van der Waals surface area contributed by atoms with Gasteiger partial charge in [-0.25, -0.2) is 14.8 Å². The third-order valence-corrected chi connectivity index (χ3v) is 5.99. The lowest BCUT2D eigenvalue weighted by atomic mass is 10.3. The van der Waals surface area contributed by atoms with Gasteiger partial charge in [0.1, 0.15) is 5.82 Å². The average molecular weight is 448 g/mol. The topological polar surface area (TPSA) is 80.7 Å². The van der Waals surface area contributed by atoms with Crippen molar-refractivity contribution in [2.24, 2.45) is 0 Å². The van der Waals surface area contributed by atoms with Crippen LogP contribution in [-0.4, -0.2) is 60.4 Å². The highest BCUT2D eigenvalue weighted by Gasteiger charge is 2.21. The van der Waals surface area contributed by atoms with E-state index < -0.39 is 0 Å². The van der Waals surface area contributed by atoms with E-state index in [0.717, 1.165) is 34.1 Å². The Balaban J connectivity index is 1.62. The molecule has 0 N–H and O–H groups in total. The Bertz CT molecular complexity index is 1050. The second-order valence-electron chi connectivity index (χ2n) is 7.13. The summed E-state index contributed by atoms with van der Waals surface area (Å²) in [6.07, 6.45) is 1.35. The zero-order valence-electron chi connectivity index (χ0n) is 17.0. The number of nitrogens with zero attached hydrogens (tertiary/aromatic N) is 5. The Morgan fingerprint density at radius 1 is 1.30 bits per heavy atom. The van der Waals surface area contributed by atoms with Crippen LogP contribution in [0, 0.1) is 0 Å². The number of carbonyl (C=O) groups is 1. The molecule has 4 rings (SSSR count). The van der Waals surface area contributed by atoms with Crippen molar-refractivity contribution in [1.82, 2.24) is 15.0 Å². The van der Waals surface area contributed by atoms with Crippen LogP contribution in [-0.2, 0) is 9.47 Å². The molecule has 0 saturated carbocycles. The maximum absolute atomic E-state index is 12.0. The molecule has 0 spiro atoms. The first kappa shape index (κ1) is 20.8. The quantitative estimate of drug-likeness (QED) is 0.430. The molecule has 0 amide bonds. The molecular weight excluding hydrogens is 426 g/mol. The van der Waals surface area contributed by atoms with Crippen molar-refractivity contribution in [3.8, 4) is 0 Å². The van der Waals surface area contributed by atoms with Gasteiger partial charge in [0.05, 0.1) is 40.1 Å². The van der Waals surface area contributed by atoms with Gasteiger partial charge in [-0.1, -0.05) is 0 Å². The van der Waals surface area contributed by atoms with Crippen LogP contribution in [0.4, 0.5) is 16.6 Å². The fourth-order valence-electron chi connectivity index (χ4n) is 3.13. The molecule has 1 fully saturated rings. The summed E-state index contributed by atoms with van der Waals surface area (Å²) in [7, 11) is 1.92. The highest BCUT2D eigenvalue weighted by molar-refractivity contribution is 7.23. The van der Waals surface area contributed by atoms with Crippen LogP contribution in [0.5, 0.6) is 0 Å². The smallest absolute Gasteiger partial charge is 0.339 e. The van der Waals surface area contributed by atoms with Gasteiger partial charge in [-0.15, -0.1) is 11.3 Å². The van der Waals surface area contributed by atoms with Gasteiger partial charge in [-0.3, -0.25) is 0 Å². The van der Waals surface area contributed by atoms with E-state index in [1.165, 1.54) is 6.20 Å². The maximum atomic E-state index is 12.0. The Hall–Kier alpha value is -2.49. The Morgan fingerprint density at radius 2 is 2.07 bits per heavy atom. The molecule has 0 bridgehead atoms. The van der Waals surface area contributed by atoms with Crippen LogP contribution < -0.4 is 9.80 Å². The average Bonchev–Trinajstić information content (AvgIpc) is 3.16. The van der Waals surface area contributed by atoms with Gasteiger partial charge in [0.15, 0.2) is 5.82 Å². The lowest BCUT2D eigenvalue weighted by Crippen LogP contribution is -2.36. The zero-order chi connectivity index (χ0) is 21.3. The molecule has 1 aliphatic heterocycles. The van der Waals surface area contributed by atoms with Crippen LogP contribution in [0.1, 0.15) is 24.2 Å². The highest BCUT2D eigenvalue weighted by atomic mass is 35.5. The van der Waals surface area contributed by atoms with Crippen molar-refractivity contribution >= 4 is 55.8 Å². The Labute approximate surface area is 183 Å². The van der Waals surface area contributed by atoms with Crippen molar-refractivity contribution < 1.29 is 14.3 Å². The van der Waals surface area contributed by atoms with Crippen LogP contribution in [0.25, 0.3) is 10.2 Å². The summed E-state index contributed by atoms with van der Waals surface area (Å²) >= 11 is 7.76. The van der Waals surface area contributed by atoms with E-state index in [4.69, 9.17) is 21.1 Å². The normalized spacial score (nSPS) is 14.4. The van der Waals surface area contributed by atoms with Crippen LogP contribution >= 0.6 is 22.9 Å². The standard InChI is InChI=1S/C20H22ClN5O3S/c1-12(2)29-19(27)13-4-5-15(22-11-13)25(3)16-10-14-17(30-16)18(24-20(21)23-14)26-6-8-28-9-7-26/h4-5,10-12H,6-9H2,1-3H3. The number of carbonyl (C=O) groups excluding carboxylic acids is 1. The fourth-order valence-corrected chi connectivity index (χ4v) is 4.39. The van der Waals surface area contributed by atoms with E-state index in [2.05, 4.69) is 19.9 Å². The number of hydrogen-bond acceptors (Lipinski definition) is 9. The van der Waals surface area contributed by atoms with Crippen molar-refractivity contribution in [3.63, 3.8) is 0 Å². The lowest BCUT2D eigenvalue weighted by Gasteiger charge is -2.28. The van der Waals surface area contributed by atoms with Crippen molar-refractivity contribution in [1.29, 1.82) is 0 Å². The van der Waals surface area contributed by atoms with Crippen LogP contribution in [0.3, 0.4) is 0 Å². The molecule has 0 unspecified atom stereocenters. The molecule has 1 aliphatic rings. The van der Waals surface area contributed by atoms with Crippen molar-refractivity contribution in [3.05, 3.63) is 35.2 Å². The third kappa shape index (κ3) is 4.33. The molecule has 1 saturated heterocycles. The van der Waals surface area contributed by atoms with Crippen LogP contribution in [0.15, 0.2) is 24.4 Å². The molecule has 3 aromatic rings. The van der Waals surface area contributed by atoms with E-state index >= 15 is 0 Å².